The van der Waals surface area contributed by atoms with Gasteiger partial charge in [0.15, 0.2) is 0 Å². The molecular weight excluding hydrogens is 266 g/mol. The largest absolute Gasteiger partial charge is 0.503 e. The maximum atomic E-state index is 11.6. The minimum Gasteiger partial charge on any atom is -0.465 e. The van der Waals surface area contributed by atoms with Crippen LogP contribution in [0.3, 0.4) is 0 Å². The molecule has 0 aromatic carbocycles. The van der Waals surface area contributed by atoms with Crippen molar-refractivity contribution in [2.45, 2.75) is 12.5 Å². The minimum absolute atomic E-state index is 0.155. The van der Waals surface area contributed by atoms with Gasteiger partial charge in [-0.1, -0.05) is 6.07 Å². The molecule has 0 atom stereocenters. The zero-order valence-corrected chi connectivity index (χ0v) is 12.4. The van der Waals surface area contributed by atoms with Crippen molar-refractivity contribution >= 4 is 14.8 Å². The van der Waals surface area contributed by atoms with Crippen LogP contribution in [0.4, 0.5) is 0 Å². The Kier molecular flexibility index (Phi) is 6.64. The van der Waals surface area contributed by atoms with E-state index in [1.807, 2.05) is 6.07 Å². The van der Waals surface area contributed by atoms with Crippen LogP contribution in [0.25, 0.3) is 0 Å². The van der Waals surface area contributed by atoms with Gasteiger partial charge >= 0.3 is 14.8 Å². The van der Waals surface area contributed by atoms with Gasteiger partial charge in [0.1, 0.15) is 0 Å². The summed E-state index contributed by atoms with van der Waals surface area (Å²) in [6.07, 6.45) is 1.80. The molecule has 0 bridgehead atoms. The first-order valence-corrected chi connectivity index (χ1v) is 7.80. The molecule has 0 radical (unpaired) electrons. The summed E-state index contributed by atoms with van der Waals surface area (Å²) in [5, 5.41) is 0. The number of pyridine rings is 1. The van der Waals surface area contributed by atoms with Gasteiger partial charge in [0.2, 0.25) is 0 Å². The molecule has 0 aliphatic carbocycles. The van der Waals surface area contributed by atoms with Gasteiger partial charge in [-0.05, 0) is 12.1 Å². The van der Waals surface area contributed by atoms with Crippen LogP contribution in [0.1, 0.15) is 5.69 Å². The van der Waals surface area contributed by atoms with Crippen LogP contribution < -0.4 is 0 Å². The fraction of sp³-hybridized carbons (Fsp3) is 0.500. The van der Waals surface area contributed by atoms with E-state index in [0.29, 0.717) is 11.7 Å². The monoisotopic (exact) mass is 285 g/mol. The molecule has 6 nitrogen and oxygen atoms in total. The number of hydrogen-bond acceptors (Lipinski definition) is 6. The molecule has 0 fully saturated rings. The maximum Gasteiger partial charge on any atom is 0.503 e. The lowest BCUT2D eigenvalue weighted by atomic mass is 10.3. The predicted molar refractivity (Wildman–Crippen MR) is 70.5 cm³/mol. The molecule has 7 heteroatoms. The van der Waals surface area contributed by atoms with Crippen molar-refractivity contribution in [3.63, 3.8) is 0 Å². The van der Waals surface area contributed by atoms with Gasteiger partial charge in [-0.25, -0.2) is 0 Å². The molecule has 1 aromatic heterocycles. The van der Waals surface area contributed by atoms with E-state index >= 15 is 0 Å². The average Bonchev–Trinajstić information content (AvgIpc) is 2.45. The van der Waals surface area contributed by atoms with Crippen LogP contribution in [-0.2, 0) is 29.2 Å². The first-order chi connectivity index (χ1) is 9.15. The summed E-state index contributed by atoms with van der Waals surface area (Å²) in [5.41, 5.74) is 0.682. The van der Waals surface area contributed by atoms with Crippen LogP contribution in [0.5, 0.6) is 0 Å². The number of ether oxygens (including phenoxy) is 1. The molecule has 0 aliphatic rings. The molecule has 0 saturated carbocycles. The highest BCUT2D eigenvalue weighted by molar-refractivity contribution is 6.60. The van der Waals surface area contributed by atoms with E-state index in [9.17, 15) is 4.79 Å². The fourth-order valence-electron chi connectivity index (χ4n) is 1.55. The normalized spacial score (nSPS) is 11.3. The molecule has 106 valence electrons. The topological polar surface area (TPSA) is 66.9 Å². The molecule has 1 heterocycles. The number of hydrogen-bond donors (Lipinski definition) is 0. The number of carbonyl (C=O) groups is 1. The quantitative estimate of drug-likeness (QED) is 0.525. The number of carbonyl (C=O) groups excluding carboxylic acids is 1. The Labute approximate surface area is 114 Å². The summed E-state index contributed by atoms with van der Waals surface area (Å²) >= 11 is 0. The lowest BCUT2D eigenvalue weighted by molar-refractivity contribution is -0.142. The fourth-order valence-corrected chi connectivity index (χ4v) is 3.01. The van der Waals surface area contributed by atoms with E-state index in [-0.39, 0.29) is 19.0 Å². The van der Waals surface area contributed by atoms with E-state index in [0.717, 1.165) is 0 Å². The van der Waals surface area contributed by atoms with Gasteiger partial charge in [0.25, 0.3) is 0 Å². The van der Waals surface area contributed by atoms with Crippen molar-refractivity contribution < 1.29 is 22.8 Å². The van der Waals surface area contributed by atoms with Gasteiger partial charge in [0.05, 0.1) is 24.8 Å². The molecular formula is C12H19NO5Si. The summed E-state index contributed by atoms with van der Waals surface area (Å²) in [6.45, 7) is 0.202. The lowest BCUT2D eigenvalue weighted by Gasteiger charge is -2.23. The molecule has 0 N–H and O–H groups in total. The van der Waals surface area contributed by atoms with Crippen LogP contribution in [0.2, 0.25) is 6.04 Å². The Morgan fingerprint density at radius 3 is 2.42 bits per heavy atom. The number of esters is 1. The zero-order valence-electron chi connectivity index (χ0n) is 11.4. The van der Waals surface area contributed by atoms with Crippen molar-refractivity contribution in [3.05, 3.63) is 30.1 Å². The first-order valence-electron chi connectivity index (χ1n) is 5.87. The standard InChI is InChI=1S/C12H19NO5Si/c1-15-19(16-2,17-3)9-8-18-12(14)10-11-6-4-5-7-13-11/h4-7H,8-10H2,1-3H3. The number of nitrogens with zero attached hydrogens (tertiary/aromatic N) is 1. The van der Waals surface area contributed by atoms with Gasteiger partial charge in [-0.3, -0.25) is 9.78 Å². The molecule has 1 rings (SSSR count). The van der Waals surface area contributed by atoms with Crippen LogP contribution in [0.15, 0.2) is 24.4 Å². The molecule has 1 aromatic rings. The van der Waals surface area contributed by atoms with E-state index in [4.69, 9.17) is 18.0 Å². The Morgan fingerprint density at radius 2 is 1.89 bits per heavy atom. The van der Waals surface area contributed by atoms with Crippen molar-refractivity contribution in [2.75, 3.05) is 27.9 Å². The van der Waals surface area contributed by atoms with Gasteiger partial charge in [-0.2, -0.15) is 0 Å². The Balaban J connectivity index is 2.35. The zero-order chi connectivity index (χ0) is 14.1. The van der Waals surface area contributed by atoms with Crippen molar-refractivity contribution in [1.82, 2.24) is 4.98 Å². The summed E-state index contributed by atoms with van der Waals surface area (Å²) in [5.74, 6) is -0.329. The molecule has 0 saturated heterocycles. The summed E-state index contributed by atoms with van der Waals surface area (Å²) in [4.78, 5) is 15.7. The summed E-state index contributed by atoms with van der Waals surface area (Å²) < 4.78 is 20.8. The molecule has 0 amide bonds. The third-order valence-electron chi connectivity index (χ3n) is 2.66. The van der Waals surface area contributed by atoms with Crippen LogP contribution in [-0.4, -0.2) is 47.7 Å². The van der Waals surface area contributed by atoms with E-state index in [2.05, 4.69) is 4.98 Å². The molecule has 19 heavy (non-hydrogen) atoms. The van der Waals surface area contributed by atoms with Crippen LogP contribution in [0, 0.1) is 0 Å². The second-order valence-electron chi connectivity index (χ2n) is 3.76. The van der Waals surface area contributed by atoms with Crippen LogP contribution >= 0.6 is 0 Å². The molecule has 0 spiro atoms. The smallest absolute Gasteiger partial charge is 0.465 e. The third kappa shape index (κ3) is 5.07. The SMILES string of the molecule is CO[Si](CCOC(=O)Cc1ccccn1)(OC)OC. The van der Waals surface area contributed by atoms with E-state index < -0.39 is 8.80 Å². The van der Waals surface area contributed by atoms with Gasteiger partial charge in [0, 0.05) is 27.5 Å². The van der Waals surface area contributed by atoms with E-state index in [1.54, 1.807) is 18.3 Å². The lowest BCUT2D eigenvalue weighted by Crippen LogP contribution is -2.43. The first kappa shape index (κ1) is 15.8. The second-order valence-corrected chi connectivity index (χ2v) is 6.85. The summed E-state index contributed by atoms with van der Waals surface area (Å²) in [6, 6.07) is 5.82. The minimum atomic E-state index is -2.67. The van der Waals surface area contributed by atoms with Crippen molar-refractivity contribution in [3.8, 4) is 0 Å². The van der Waals surface area contributed by atoms with Crippen molar-refractivity contribution in [1.29, 1.82) is 0 Å². The number of rotatable bonds is 8. The highest BCUT2D eigenvalue weighted by Crippen LogP contribution is 2.12. The molecule has 0 unspecified atom stereocenters. The Bertz CT molecular complexity index is 375. The van der Waals surface area contributed by atoms with Gasteiger partial charge in [-0.15, -0.1) is 0 Å². The summed E-state index contributed by atoms with van der Waals surface area (Å²) in [7, 11) is 1.90. The second kappa shape index (κ2) is 8.00. The predicted octanol–water partition coefficient (Wildman–Crippen LogP) is 1.05. The highest BCUT2D eigenvalue weighted by atomic mass is 28.4. The van der Waals surface area contributed by atoms with Gasteiger partial charge < -0.3 is 18.0 Å². The van der Waals surface area contributed by atoms with E-state index in [1.165, 1.54) is 21.3 Å². The average molecular weight is 285 g/mol. The number of aromatic nitrogens is 1. The Hall–Kier alpha value is -1.28. The Morgan fingerprint density at radius 1 is 1.21 bits per heavy atom. The maximum absolute atomic E-state index is 11.6. The highest BCUT2D eigenvalue weighted by Gasteiger charge is 2.37. The molecule has 0 aliphatic heterocycles. The third-order valence-corrected chi connectivity index (χ3v) is 5.34. The van der Waals surface area contributed by atoms with Crippen molar-refractivity contribution in [2.24, 2.45) is 0 Å².